The van der Waals surface area contributed by atoms with Crippen molar-refractivity contribution in [3.8, 4) is 0 Å². The highest BCUT2D eigenvalue weighted by atomic mass is 32.2. The lowest BCUT2D eigenvalue weighted by Crippen LogP contribution is -2.25. The molecule has 0 spiro atoms. The molecule has 4 nitrogen and oxygen atoms in total. The minimum Gasteiger partial charge on any atom is -0.301 e. The molecule has 0 bridgehead atoms. The zero-order chi connectivity index (χ0) is 15.6. The van der Waals surface area contributed by atoms with Crippen molar-refractivity contribution in [1.29, 1.82) is 0 Å². The summed E-state index contributed by atoms with van der Waals surface area (Å²) in [7, 11) is -8.69. The molecular weight excluding hydrogens is 302 g/mol. The molecule has 7 heteroatoms. The van der Waals surface area contributed by atoms with Crippen LogP contribution in [0.15, 0.2) is 35.2 Å². The van der Waals surface area contributed by atoms with Crippen molar-refractivity contribution >= 4 is 17.5 Å². The van der Waals surface area contributed by atoms with Crippen molar-refractivity contribution in [3.05, 3.63) is 30.3 Å². The molecule has 0 aliphatic rings. The van der Waals surface area contributed by atoms with Crippen LogP contribution in [0.1, 0.15) is 27.7 Å². The van der Waals surface area contributed by atoms with Gasteiger partial charge < -0.3 is 4.52 Å². The van der Waals surface area contributed by atoms with Gasteiger partial charge in [-0.05, 0) is 24.5 Å². The molecule has 0 amide bonds. The number of hydrogen-bond donors (Lipinski definition) is 0. The van der Waals surface area contributed by atoms with E-state index in [1.807, 2.05) is 0 Å². The van der Waals surface area contributed by atoms with Gasteiger partial charge in [0.25, 0.3) is 0 Å². The molecule has 1 aromatic carbocycles. The monoisotopic (exact) mass is 322 g/mol. The molecule has 0 heterocycles. The van der Waals surface area contributed by atoms with E-state index >= 15 is 0 Å². The van der Waals surface area contributed by atoms with E-state index in [-0.39, 0.29) is 4.90 Å². The summed E-state index contributed by atoms with van der Waals surface area (Å²) >= 11 is 0. The number of benzene rings is 1. The quantitative estimate of drug-likeness (QED) is 0.768. The van der Waals surface area contributed by atoms with Gasteiger partial charge in [-0.2, -0.15) is 4.20 Å². The second kappa shape index (κ2) is 5.96. The Hall–Kier alpha value is -0.710. The van der Waals surface area contributed by atoms with Crippen LogP contribution in [0.3, 0.4) is 0 Å². The first kappa shape index (κ1) is 17.3. The number of halogens is 1. The molecule has 1 rings (SSSR count). The zero-order valence-corrected chi connectivity index (χ0v) is 13.7. The molecule has 2 atom stereocenters. The van der Waals surface area contributed by atoms with Gasteiger partial charge in [0.05, 0.1) is 11.0 Å². The van der Waals surface area contributed by atoms with Crippen LogP contribution in [-0.2, 0) is 18.9 Å². The molecule has 0 aromatic heterocycles. The number of sulfone groups is 1. The van der Waals surface area contributed by atoms with E-state index in [0.717, 1.165) is 0 Å². The predicted octanol–water partition coefficient (Wildman–Crippen LogP) is 4.03. The first-order valence-corrected chi connectivity index (χ1v) is 9.54. The van der Waals surface area contributed by atoms with Gasteiger partial charge in [0.1, 0.15) is 0 Å². The number of rotatable bonds is 5. The Labute approximate surface area is 119 Å². The average molecular weight is 322 g/mol. The Morgan fingerprint density at radius 1 is 1.25 bits per heavy atom. The van der Waals surface area contributed by atoms with Crippen molar-refractivity contribution in [2.24, 2.45) is 5.41 Å². The molecule has 1 aromatic rings. The Bertz CT molecular complexity index is 593. The van der Waals surface area contributed by atoms with Crippen molar-refractivity contribution in [2.75, 3.05) is 5.49 Å². The second-order valence-corrected chi connectivity index (χ2v) is 9.89. The largest absolute Gasteiger partial charge is 0.382 e. The minimum atomic E-state index is -4.72. The summed E-state index contributed by atoms with van der Waals surface area (Å²) in [5, 5.41) is 0. The summed E-state index contributed by atoms with van der Waals surface area (Å²) in [5.74, 6) is 0. The van der Waals surface area contributed by atoms with Crippen molar-refractivity contribution in [1.82, 2.24) is 0 Å². The molecule has 2 unspecified atom stereocenters. The Morgan fingerprint density at radius 2 is 1.75 bits per heavy atom. The maximum atomic E-state index is 14.0. The van der Waals surface area contributed by atoms with Crippen LogP contribution < -0.4 is 0 Å². The summed E-state index contributed by atoms with van der Waals surface area (Å²) in [4.78, 5) is -0.0649. The highest BCUT2D eigenvalue weighted by Crippen LogP contribution is 2.53. The fourth-order valence-corrected chi connectivity index (χ4v) is 5.15. The lowest BCUT2D eigenvalue weighted by molar-refractivity contribution is 0.0984. The minimum absolute atomic E-state index is 0.0649. The fraction of sp³-hybridized carbons (Fsp3) is 0.538. The normalized spacial score (nSPS) is 17.4. The van der Waals surface area contributed by atoms with Gasteiger partial charge >= 0.3 is 7.68 Å². The van der Waals surface area contributed by atoms with E-state index in [4.69, 9.17) is 4.52 Å². The molecule has 0 saturated carbocycles. The molecule has 0 radical (unpaired) electrons. The third-order valence-electron chi connectivity index (χ3n) is 2.96. The first-order valence-electron chi connectivity index (χ1n) is 6.19. The second-order valence-electron chi connectivity index (χ2n) is 5.76. The van der Waals surface area contributed by atoms with Gasteiger partial charge in [0, 0.05) is 0 Å². The summed E-state index contributed by atoms with van der Waals surface area (Å²) in [6.07, 6.45) is -0.663. The third-order valence-corrected chi connectivity index (χ3v) is 7.18. The number of hydrogen-bond acceptors (Lipinski definition) is 4. The van der Waals surface area contributed by atoms with Gasteiger partial charge in [-0.3, -0.25) is 4.57 Å². The van der Waals surface area contributed by atoms with Gasteiger partial charge in [0.15, 0.2) is 15.3 Å². The fourth-order valence-electron chi connectivity index (χ4n) is 1.33. The van der Waals surface area contributed by atoms with Crippen LogP contribution in [-0.4, -0.2) is 20.0 Å². The van der Waals surface area contributed by atoms with Gasteiger partial charge in [0.2, 0.25) is 0 Å². The summed E-state index contributed by atoms with van der Waals surface area (Å²) in [6, 6.07) is 7.36. The summed E-state index contributed by atoms with van der Waals surface area (Å²) < 4.78 is 54.6. The molecular formula is C13H20FO4PS. The first-order chi connectivity index (χ1) is 8.94. The molecule has 0 saturated heterocycles. The van der Waals surface area contributed by atoms with E-state index in [0.29, 0.717) is 0 Å². The molecule has 0 N–H and O–H groups in total. The van der Waals surface area contributed by atoms with Crippen LogP contribution in [0.5, 0.6) is 0 Å². The zero-order valence-electron chi connectivity index (χ0n) is 12.0. The summed E-state index contributed by atoms with van der Waals surface area (Å²) in [5.41, 5.74) is -1.57. The molecule has 0 fully saturated rings. The summed E-state index contributed by atoms with van der Waals surface area (Å²) in [6.45, 7) is 6.96. The van der Waals surface area contributed by atoms with Crippen molar-refractivity contribution in [3.63, 3.8) is 0 Å². The highest BCUT2D eigenvalue weighted by molar-refractivity contribution is 7.97. The predicted molar refractivity (Wildman–Crippen MR) is 77.2 cm³/mol. The van der Waals surface area contributed by atoms with E-state index in [1.165, 1.54) is 24.3 Å². The topological polar surface area (TPSA) is 60.4 Å². The Morgan fingerprint density at radius 3 is 2.20 bits per heavy atom. The van der Waals surface area contributed by atoms with E-state index in [9.17, 15) is 17.2 Å². The van der Waals surface area contributed by atoms with Crippen LogP contribution >= 0.6 is 7.68 Å². The van der Waals surface area contributed by atoms with Gasteiger partial charge in [-0.1, -0.05) is 39.0 Å². The average Bonchev–Trinajstić information content (AvgIpc) is 2.26. The standard InChI is InChI=1S/C13H20FO4PS/c1-11(13(2,3)4)18-19(14,15)10-20(16,17)12-8-6-5-7-9-12/h5-9,11H,10H2,1-4H3. The molecule has 0 aliphatic heterocycles. The van der Waals surface area contributed by atoms with Crippen LogP contribution in [0.4, 0.5) is 4.20 Å². The van der Waals surface area contributed by atoms with Crippen LogP contribution in [0.25, 0.3) is 0 Å². The van der Waals surface area contributed by atoms with E-state index in [1.54, 1.807) is 33.8 Å². The Balaban J connectivity index is 2.89. The van der Waals surface area contributed by atoms with Crippen LogP contribution in [0.2, 0.25) is 0 Å². The maximum Gasteiger partial charge on any atom is 0.382 e. The lowest BCUT2D eigenvalue weighted by Gasteiger charge is -2.28. The van der Waals surface area contributed by atoms with Crippen molar-refractivity contribution < 1.29 is 21.7 Å². The smallest absolute Gasteiger partial charge is 0.301 e. The van der Waals surface area contributed by atoms with E-state index < -0.39 is 34.5 Å². The third kappa shape index (κ3) is 5.00. The molecule has 20 heavy (non-hydrogen) atoms. The van der Waals surface area contributed by atoms with Crippen LogP contribution in [0, 0.1) is 5.41 Å². The van der Waals surface area contributed by atoms with Gasteiger partial charge in [-0.25, -0.2) is 8.42 Å². The maximum absolute atomic E-state index is 14.0. The van der Waals surface area contributed by atoms with Gasteiger partial charge in [-0.15, -0.1) is 0 Å². The van der Waals surface area contributed by atoms with Crippen molar-refractivity contribution in [2.45, 2.75) is 38.7 Å². The molecule has 0 aliphatic carbocycles. The van der Waals surface area contributed by atoms with E-state index in [2.05, 4.69) is 0 Å². The SMILES string of the molecule is CC(OP(=O)(F)CS(=O)(=O)c1ccccc1)C(C)(C)C. The lowest BCUT2D eigenvalue weighted by atomic mass is 9.91. The molecule has 114 valence electrons. The highest BCUT2D eigenvalue weighted by Gasteiger charge is 2.36. The Kier molecular flexibility index (Phi) is 5.17.